The van der Waals surface area contributed by atoms with Crippen LogP contribution in [0.2, 0.25) is 5.02 Å². The number of fused-ring (bicyclic) bond motifs is 1. The molecule has 1 aromatic rings. The fraction of sp³-hybridized carbons (Fsp3) is 0.462. The van der Waals surface area contributed by atoms with E-state index in [1.807, 2.05) is 19.2 Å². The largest absolute Gasteiger partial charge is 0.486 e. The highest BCUT2D eigenvalue weighted by atomic mass is 35.5. The van der Waals surface area contributed by atoms with Gasteiger partial charge < -0.3 is 20.1 Å². The number of halogens is 1. The van der Waals surface area contributed by atoms with Crippen molar-refractivity contribution in [1.82, 2.24) is 10.6 Å². The number of rotatable bonds is 3. The van der Waals surface area contributed by atoms with Gasteiger partial charge in [0.1, 0.15) is 13.2 Å². The summed E-state index contributed by atoms with van der Waals surface area (Å²) >= 11 is 6.18. The summed E-state index contributed by atoms with van der Waals surface area (Å²) in [4.78, 5) is 4.05. The minimum atomic E-state index is 0.548. The van der Waals surface area contributed by atoms with Gasteiger partial charge in [-0.3, -0.25) is 4.99 Å². The van der Waals surface area contributed by atoms with E-state index in [0.29, 0.717) is 24.0 Å². The summed E-state index contributed by atoms with van der Waals surface area (Å²) in [6.45, 7) is 1.88. The number of nitrogens with zero attached hydrogens (tertiary/aromatic N) is 1. The van der Waals surface area contributed by atoms with Gasteiger partial charge in [-0.2, -0.15) is 0 Å². The molecule has 0 spiro atoms. The molecule has 1 aliphatic heterocycles. The van der Waals surface area contributed by atoms with Crippen LogP contribution in [-0.4, -0.2) is 39.8 Å². The van der Waals surface area contributed by atoms with E-state index in [2.05, 4.69) is 15.6 Å². The van der Waals surface area contributed by atoms with Crippen LogP contribution in [0.4, 0.5) is 0 Å². The van der Waals surface area contributed by atoms with Crippen LogP contribution in [0, 0.1) is 0 Å². The number of benzene rings is 1. The predicted octanol–water partition coefficient (Wildman–Crippen LogP) is 1.45. The minimum absolute atomic E-state index is 0.548. The van der Waals surface area contributed by atoms with Crippen molar-refractivity contribution in [3.05, 3.63) is 22.7 Å². The Bertz CT molecular complexity index is 477. The Kier molecular flexibility index (Phi) is 4.74. The second-order valence-corrected chi connectivity index (χ2v) is 4.51. The van der Waals surface area contributed by atoms with Gasteiger partial charge in [-0.1, -0.05) is 11.6 Å². The van der Waals surface area contributed by atoms with Crippen LogP contribution in [0.15, 0.2) is 17.1 Å². The first-order valence-corrected chi connectivity index (χ1v) is 6.59. The molecule has 1 heterocycles. The van der Waals surface area contributed by atoms with Gasteiger partial charge in [-0.15, -0.1) is 0 Å². The fourth-order valence-corrected chi connectivity index (χ4v) is 2.20. The average Bonchev–Trinajstić information content (AvgIpc) is 2.44. The molecule has 0 bridgehead atoms. The third-order valence-electron chi connectivity index (χ3n) is 2.82. The van der Waals surface area contributed by atoms with E-state index in [4.69, 9.17) is 21.1 Å². The number of hydrogen-bond acceptors (Lipinski definition) is 3. The highest BCUT2D eigenvalue weighted by Crippen LogP contribution is 2.38. The number of ether oxygens (including phenoxy) is 2. The first kappa shape index (κ1) is 13.8. The Morgan fingerprint density at radius 1 is 1.37 bits per heavy atom. The minimum Gasteiger partial charge on any atom is -0.486 e. The molecule has 2 N–H and O–H groups in total. The molecule has 19 heavy (non-hydrogen) atoms. The van der Waals surface area contributed by atoms with E-state index in [1.54, 1.807) is 7.05 Å². The molecule has 0 amide bonds. The molecule has 0 radical (unpaired) electrons. The molecular weight excluding hydrogens is 266 g/mol. The van der Waals surface area contributed by atoms with Gasteiger partial charge in [0.2, 0.25) is 0 Å². The van der Waals surface area contributed by atoms with Crippen molar-refractivity contribution in [2.45, 2.75) is 6.42 Å². The SMILES string of the molecule is CN=C(NC)NCCc1cc(Cl)c2c(c1)OCCO2. The predicted molar refractivity (Wildman–Crippen MR) is 76.6 cm³/mol. The van der Waals surface area contributed by atoms with Crippen molar-refractivity contribution in [2.75, 3.05) is 33.9 Å². The first-order valence-electron chi connectivity index (χ1n) is 6.21. The second-order valence-electron chi connectivity index (χ2n) is 4.10. The summed E-state index contributed by atoms with van der Waals surface area (Å²) in [6, 6.07) is 3.89. The van der Waals surface area contributed by atoms with Crippen molar-refractivity contribution in [1.29, 1.82) is 0 Å². The van der Waals surface area contributed by atoms with Gasteiger partial charge in [-0.05, 0) is 24.1 Å². The topological polar surface area (TPSA) is 54.9 Å². The second kappa shape index (κ2) is 6.52. The van der Waals surface area contributed by atoms with Gasteiger partial charge in [0, 0.05) is 20.6 Å². The molecule has 0 aromatic heterocycles. The molecule has 0 aliphatic carbocycles. The summed E-state index contributed by atoms with van der Waals surface area (Å²) in [5.41, 5.74) is 1.10. The number of guanidine groups is 1. The van der Waals surface area contributed by atoms with Crippen molar-refractivity contribution in [3.63, 3.8) is 0 Å². The summed E-state index contributed by atoms with van der Waals surface area (Å²) in [5, 5.41) is 6.76. The van der Waals surface area contributed by atoms with Gasteiger partial charge >= 0.3 is 0 Å². The van der Waals surface area contributed by atoms with Gasteiger partial charge in [-0.25, -0.2) is 0 Å². The smallest absolute Gasteiger partial charge is 0.190 e. The lowest BCUT2D eigenvalue weighted by Crippen LogP contribution is -2.35. The summed E-state index contributed by atoms with van der Waals surface area (Å²) < 4.78 is 11.0. The highest BCUT2D eigenvalue weighted by molar-refractivity contribution is 6.32. The van der Waals surface area contributed by atoms with Crippen LogP contribution in [0.3, 0.4) is 0 Å². The lowest BCUT2D eigenvalue weighted by molar-refractivity contribution is 0.171. The Balaban J connectivity index is 1.99. The number of nitrogens with one attached hydrogen (secondary N) is 2. The molecule has 0 saturated carbocycles. The lowest BCUT2D eigenvalue weighted by atomic mass is 10.1. The highest BCUT2D eigenvalue weighted by Gasteiger charge is 2.16. The molecule has 6 heteroatoms. The maximum absolute atomic E-state index is 6.18. The number of aliphatic imine (C=N–C) groups is 1. The molecule has 0 fully saturated rings. The van der Waals surface area contributed by atoms with Crippen LogP contribution >= 0.6 is 11.6 Å². The Morgan fingerprint density at radius 2 is 2.16 bits per heavy atom. The van der Waals surface area contributed by atoms with Crippen molar-refractivity contribution in [3.8, 4) is 11.5 Å². The molecule has 1 aromatic carbocycles. The van der Waals surface area contributed by atoms with Gasteiger partial charge in [0.25, 0.3) is 0 Å². The zero-order valence-electron chi connectivity index (χ0n) is 11.1. The van der Waals surface area contributed by atoms with Crippen LogP contribution < -0.4 is 20.1 Å². The lowest BCUT2D eigenvalue weighted by Gasteiger charge is -2.20. The van der Waals surface area contributed by atoms with Gasteiger partial charge in [0.15, 0.2) is 17.5 Å². The maximum Gasteiger partial charge on any atom is 0.190 e. The monoisotopic (exact) mass is 283 g/mol. The molecule has 1 aliphatic rings. The summed E-state index contributed by atoms with van der Waals surface area (Å²) in [5.74, 6) is 2.14. The van der Waals surface area contributed by atoms with Crippen molar-refractivity contribution < 1.29 is 9.47 Å². The van der Waals surface area contributed by atoms with Gasteiger partial charge in [0.05, 0.1) is 5.02 Å². The molecule has 0 saturated heterocycles. The molecule has 2 rings (SSSR count). The molecule has 5 nitrogen and oxygen atoms in total. The fourth-order valence-electron chi connectivity index (χ4n) is 1.91. The Labute approximate surface area is 118 Å². The standard InChI is InChI=1S/C13H18ClN3O2/c1-15-13(16-2)17-4-3-9-7-10(14)12-11(8-9)18-5-6-19-12/h7-8H,3-6H2,1-2H3,(H2,15,16,17). The van der Waals surface area contributed by atoms with Crippen molar-refractivity contribution in [2.24, 2.45) is 4.99 Å². The third kappa shape index (κ3) is 3.44. The van der Waals surface area contributed by atoms with E-state index >= 15 is 0 Å². The summed E-state index contributed by atoms with van der Waals surface area (Å²) in [6.07, 6.45) is 0.830. The molecule has 0 atom stereocenters. The molecular formula is C13H18ClN3O2. The zero-order valence-corrected chi connectivity index (χ0v) is 11.9. The Hall–Kier alpha value is -1.62. The van der Waals surface area contributed by atoms with E-state index in [1.165, 1.54) is 0 Å². The zero-order chi connectivity index (χ0) is 13.7. The molecule has 104 valence electrons. The van der Waals surface area contributed by atoms with Crippen LogP contribution in [-0.2, 0) is 6.42 Å². The van der Waals surface area contributed by atoms with Crippen molar-refractivity contribution >= 4 is 17.6 Å². The first-order chi connectivity index (χ1) is 9.24. The average molecular weight is 284 g/mol. The Morgan fingerprint density at radius 3 is 2.89 bits per heavy atom. The third-order valence-corrected chi connectivity index (χ3v) is 3.10. The van der Waals surface area contributed by atoms with E-state index in [0.717, 1.165) is 30.2 Å². The quantitative estimate of drug-likeness (QED) is 0.651. The summed E-state index contributed by atoms with van der Waals surface area (Å²) in [7, 11) is 3.57. The molecule has 0 unspecified atom stereocenters. The van der Waals surface area contributed by atoms with Crippen LogP contribution in [0.25, 0.3) is 0 Å². The van der Waals surface area contributed by atoms with Crippen LogP contribution in [0.1, 0.15) is 5.56 Å². The van der Waals surface area contributed by atoms with E-state index in [9.17, 15) is 0 Å². The van der Waals surface area contributed by atoms with E-state index < -0.39 is 0 Å². The normalized spacial score (nSPS) is 14.2. The number of hydrogen-bond donors (Lipinski definition) is 2. The van der Waals surface area contributed by atoms with Crippen LogP contribution in [0.5, 0.6) is 11.5 Å². The van der Waals surface area contributed by atoms with E-state index in [-0.39, 0.29) is 0 Å². The maximum atomic E-state index is 6.18.